The number of carboxylic acids is 1. The molecule has 0 bridgehead atoms. The van der Waals surface area contributed by atoms with Crippen LogP contribution in [-0.2, 0) is 17.8 Å². The number of benzene rings is 1. The molecule has 1 heterocycles. The van der Waals surface area contributed by atoms with E-state index in [1.165, 1.54) is 11.1 Å². The lowest BCUT2D eigenvalue weighted by molar-refractivity contribution is -0.138. The molecule has 1 aromatic carbocycles. The standard InChI is InChI=1S/C13H18N2O2/c1-2-15-6-5-9-7-10(12(14)13(16)17)3-4-11(9)8-15/h3-4,7,12H,2,5-6,8,14H2,1H3,(H,16,17). The van der Waals surface area contributed by atoms with E-state index in [1.807, 2.05) is 18.2 Å². The summed E-state index contributed by atoms with van der Waals surface area (Å²) in [5, 5.41) is 8.89. The molecule has 0 fully saturated rings. The third-order valence-electron chi connectivity index (χ3n) is 3.39. The van der Waals surface area contributed by atoms with Gasteiger partial charge in [0.15, 0.2) is 0 Å². The molecular weight excluding hydrogens is 216 g/mol. The van der Waals surface area contributed by atoms with Crippen LogP contribution < -0.4 is 5.73 Å². The van der Waals surface area contributed by atoms with Gasteiger partial charge in [0.25, 0.3) is 0 Å². The van der Waals surface area contributed by atoms with Gasteiger partial charge in [-0.15, -0.1) is 0 Å². The first-order chi connectivity index (χ1) is 8.11. The van der Waals surface area contributed by atoms with Gasteiger partial charge in [-0.3, -0.25) is 9.69 Å². The van der Waals surface area contributed by atoms with Gasteiger partial charge in [0.2, 0.25) is 0 Å². The van der Waals surface area contributed by atoms with E-state index in [0.29, 0.717) is 5.56 Å². The zero-order chi connectivity index (χ0) is 12.4. The summed E-state index contributed by atoms with van der Waals surface area (Å²) < 4.78 is 0. The molecule has 4 heteroatoms. The van der Waals surface area contributed by atoms with Crippen LogP contribution in [0, 0.1) is 0 Å². The Morgan fingerprint density at radius 1 is 1.53 bits per heavy atom. The predicted molar refractivity (Wildman–Crippen MR) is 65.7 cm³/mol. The molecule has 1 atom stereocenters. The Kier molecular flexibility index (Phi) is 3.45. The van der Waals surface area contributed by atoms with E-state index in [4.69, 9.17) is 10.8 Å². The van der Waals surface area contributed by atoms with Crippen LogP contribution in [-0.4, -0.2) is 29.1 Å². The second kappa shape index (κ2) is 4.85. The van der Waals surface area contributed by atoms with Crippen LogP contribution in [0.4, 0.5) is 0 Å². The summed E-state index contributed by atoms with van der Waals surface area (Å²) in [4.78, 5) is 13.2. The van der Waals surface area contributed by atoms with E-state index in [9.17, 15) is 4.79 Å². The van der Waals surface area contributed by atoms with Crippen molar-refractivity contribution >= 4 is 5.97 Å². The summed E-state index contributed by atoms with van der Waals surface area (Å²) in [5.41, 5.74) is 8.84. The quantitative estimate of drug-likeness (QED) is 0.823. The number of hydrogen-bond acceptors (Lipinski definition) is 3. The zero-order valence-corrected chi connectivity index (χ0v) is 10.0. The molecule has 92 valence electrons. The molecule has 1 aliphatic rings. The molecule has 17 heavy (non-hydrogen) atoms. The lowest BCUT2D eigenvalue weighted by atomic mass is 9.95. The SMILES string of the molecule is CCN1CCc2cc(C(N)C(=O)O)ccc2C1. The molecule has 3 N–H and O–H groups in total. The molecule has 0 aromatic heterocycles. The lowest BCUT2D eigenvalue weighted by Gasteiger charge is -2.28. The van der Waals surface area contributed by atoms with Crippen molar-refractivity contribution in [3.63, 3.8) is 0 Å². The van der Waals surface area contributed by atoms with Crippen molar-refractivity contribution in [2.75, 3.05) is 13.1 Å². The molecule has 0 radical (unpaired) electrons. The Balaban J connectivity index is 2.24. The van der Waals surface area contributed by atoms with Crippen LogP contribution in [0.15, 0.2) is 18.2 Å². The number of fused-ring (bicyclic) bond motifs is 1. The van der Waals surface area contributed by atoms with Crippen LogP contribution in [0.5, 0.6) is 0 Å². The predicted octanol–water partition coefficient (Wildman–Crippen LogP) is 1.15. The second-order valence-electron chi connectivity index (χ2n) is 4.46. The van der Waals surface area contributed by atoms with E-state index in [0.717, 1.165) is 26.1 Å². The molecular formula is C13H18N2O2. The zero-order valence-electron chi connectivity index (χ0n) is 10.0. The maximum absolute atomic E-state index is 10.8. The second-order valence-corrected chi connectivity index (χ2v) is 4.46. The first-order valence-electron chi connectivity index (χ1n) is 5.94. The summed E-state index contributed by atoms with van der Waals surface area (Å²) >= 11 is 0. The van der Waals surface area contributed by atoms with Crippen LogP contribution >= 0.6 is 0 Å². The number of rotatable bonds is 3. The van der Waals surface area contributed by atoms with E-state index in [2.05, 4.69) is 11.8 Å². The van der Waals surface area contributed by atoms with Gasteiger partial charge in [-0.05, 0) is 29.7 Å². The summed E-state index contributed by atoms with van der Waals surface area (Å²) in [5.74, 6) is -0.976. The molecule has 1 aliphatic heterocycles. The van der Waals surface area contributed by atoms with Crippen molar-refractivity contribution < 1.29 is 9.90 Å². The highest BCUT2D eigenvalue weighted by Crippen LogP contribution is 2.22. The fourth-order valence-corrected chi connectivity index (χ4v) is 2.24. The maximum atomic E-state index is 10.8. The lowest BCUT2D eigenvalue weighted by Crippen LogP contribution is -2.30. The number of carbonyl (C=O) groups is 1. The summed E-state index contributed by atoms with van der Waals surface area (Å²) in [7, 11) is 0. The molecule has 0 spiro atoms. The molecule has 2 rings (SSSR count). The topological polar surface area (TPSA) is 66.6 Å². The minimum atomic E-state index is -0.976. The Morgan fingerprint density at radius 3 is 2.94 bits per heavy atom. The first-order valence-corrected chi connectivity index (χ1v) is 5.94. The Bertz CT molecular complexity index is 431. The molecule has 0 saturated heterocycles. The van der Waals surface area contributed by atoms with Gasteiger partial charge in [-0.1, -0.05) is 25.1 Å². The fraction of sp³-hybridized carbons (Fsp3) is 0.462. The number of hydrogen-bond donors (Lipinski definition) is 2. The molecule has 1 unspecified atom stereocenters. The van der Waals surface area contributed by atoms with Crippen LogP contribution in [0.2, 0.25) is 0 Å². The number of nitrogens with zero attached hydrogens (tertiary/aromatic N) is 1. The Morgan fingerprint density at radius 2 is 2.29 bits per heavy atom. The van der Waals surface area contributed by atoms with Crippen molar-refractivity contribution in [3.8, 4) is 0 Å². The fourth-order valence-electron chi connectivity index (χ4n) is 2.24. The largest absolute Gasteiger partial charge is 0.480 e. The van der Waals surface area contributed by atoms with Crippen molar-refractivity contribution in [2.45, 2.75) is 25.9 Å². The summed E-state index contributed by atoms with van der Waals surface area (Å²) in [6.45, 7) is 5.19. The van der Waals surface area contributed by atoms with Gasteiger partial charge in [0.1, 0.15) is 6.04 Å². The molecule has 0 aliphatic carbocycles. The van der Waals surface area contributed by atoms with Gasteiger partial charge < -0.3 is 10.8 Å². The van der Waals surface area contributed by atoms with Crippen molar-refractivity contribution in [2.24, 2.45) is 5.73 Å². The van der Waals surface area contributed by atoms with Gasteiger partial charge >= 0.3 is 5.97 Å². The van der Waals surface area contributed by atoms with Crippen LogP contribution in [0.25, 0.3) is 0 Å². The van der Waals surface area contributed by atoms with Crippen molar-refractivity contribution in [3.05, 3.63) is 34.9 Å². The molecule has 0 saturated carbocycles. The number of nitrogens with two attached hydrogens (primary N) is 1. The van der Waals surface area contributed by atoms with Gasteiger partial charge in [0, 0.05) is 13.1 Å². The summed E-state index contributed by atoms with van der Waals surface area (Å²) in [6, 6.07) is 4.87. The third kappa shape index (κ3) is 2.48. The van der Waals surface area contributed by atoms with E-state index in [1.54, 1.807) is 0 Å². The Hall–Kier alpha value is -1.39. The minimum absolute atomic E-state index is 0.696. The molecule has 1 aromatic rings. The van der Waals surface area contributed by atoms with Crippen molar-refractivity contribution in [1.82, 2.24) is 4.90 Å². The number of likely N-dealkylation sites (N-methyl/N-ethyl adjacent to an activating group) is 1. The average Bonchev–Trinajstić information content (AvgIpc) is 2.36. The van der Waals surface area contributed by atoms with Crippen LogP contribution in [0.3, 0.4) is 0 Å². The number of aliphatic carboxylic acids is 1. The van der Waals surface area contributed by atoms with Crippen LogP contribution in [0.1, 0.15) is 29.7 Å². The summed E-state index contributed by atoms with van der Waals surface area (Å²) in [6.07, 6.45) is 0.976. The first kappa shape index (κ1) is 12.1. The van der Waals surface area contributed by atoms with E-state index in [-0.39, 0.29) is 0 Å². The maximum Gasteiger partial charge on any atom is 0.325 e. The monoisotopic (exact) mass is 234 g/mol. The average molecular weight is 234 g/mol. The molecule has 4 nitrogen and oxygen atoms in total. The van der Waals surface area contributed by atoms with Gasteiger partial charge in [-0.2, -0.15) is 0 Å². The normalized spacial score (nSPS) is 17.5. The van der Waals surface area contributed by atoms with Gasteiger partial charge in [-0.25, -0.2) is 0 Å². The van der Waals surface area contributed by atoms with Crippen molar-refractivity contribution in [1.29, 1.82) is 0 Å². The molecule has 0 amide bonds. The van der Waals surface area contributed by atoms with E-state index < -0.39 is 12.0 Å². The smallest absolute Gasteiger partial charge is 0.325 e. The van der Waals surface area contributed by atoms with Gasteiger partial charge in [0.05, 0.1) is 0 Å². The Labute approximate surface area is 101 Å². The number of carboxylic acid groups (broad SMARTS) is 1. The third-order valence-corrected chi connectivity index (χ3v) is 3.39. The highest BCUT2D eigenvalue weighted by molar-refractivity contribution is 5.75. The van der Waals surface area contributed by atoms with E-state index >= 15 is 0 Å². The highest BCUT2D eigenvalue weighted by atomic mass is 16.4. The minimum Gasteiger partial charge on any atom is -0.480 e. The highest BCUT2D eigenvalue weighted by Gasteiger charge is 2.19.